The minimum absolute atomic E-state index is 0.610. The molecular formula is C14H23NO. The number of nitrogens with two attached hydrogens (primary N) is 1. The molecular weight excluding hydrogens is 198 g/mol. The van der Waals surface area contributed by atoms with Gasteiger partial charge in [0, 0.05) is 13.2 Å². The van der Waals surface area contributed by atoms with Crippen molar-refractivity contribution < 1.29 is 4.74 Å². The molecule has 0 fully saturated rings. The molecule has 1 aromatic carbocycles. The Morgan fingerprint density at radius 1 is 1.25 bits per heavy atom. The zero-order valence-electron chi connectivity index (χ0n) is 10.5. The van der Waals surface area contributed by atoms with E-state index in [9.17, 15) is 0 Å². The molecule has 0 saturated heterocycles. The van der Waals surface area contributed by atoms with Crippen molar-refractivity contribution in [2.24, 2.45) is 5.73 Å². The van der Waals surface area contributed by atoms with Crippen molar-refractivity contribution in [1.82, 2.24) is 0 Å². The van der Waals surface area contributed by atoms with E-state index in [-0.39, 0.29) is 0 Å². The first-order valence-corrected chi connectivity index (χ1v) is 6.14. The lowest BCUT2D eigenvalue weighted by atomic mass is 10.1. The summed E-state index contributed by atoms with van der Waals surface area (Å²) in [6, 6.07) is 6.35. The number of unbranched alkanes of at least 4 members (excludes halogenated alkanes) is 2. The van der Waals surface area contributed by atoms with E-state index in [0.29, 0.717) is 6.54 Å². The Morgan fingerprint density at radius 2 is 2.06 bits per heavy atom. The van der Waals surface area contributed by atoms with Crippen molar-refractivity contribution in [3.8, 4) is 0 Å². The van der Waals surface area contributed by atoms with Gasteiger partial charge in [-0.05, 0) is 30.0 Å². The number of rotatable bonds is 7. The van der Waals surface area contributed by atoms with Gasteiger partial charge in [0.25, 0.3) is 0 Å². The molecule has 2 heteroatoms. The predicted molar refractivity (Wildman–Crippen MR) is 68.3 cm³/mol. The second-order valence-electron chi connectivity index (χ2n) is 4.22. The first-order chi connectivity index (χ1) is 7.77. The van der Waals surface area contributed by atoms with Crippen LogP contribution in [0.15, 0.2) is 18.2 Å². The van der Waals surface area contributed by atoms with Crippen molar-refractivity contribution >= 4 is 0 Å². The second-order valence-corrected chi connectivity index (χ2v) is 4.22. The molecule has 1 rings (SSSR count). The number of hydrogen-bond acceptors (Lipinski definition) is 2. The highest BCUT2D eigenvalue weighted by molar-refractivity contribution is 5.30. The van der Waals surface area contributed by atoms with Crippen molar-refractivity contribution in [3.05, 3.63) is 34.9 Å². The summed E-state index contributed by atoms with van der Waals surface area (Å²) in [5.41, 5.74) is 9.33. The number of aryl methyl sites for hydroxylation is 1. The molecule has 0 radical (unpaired) electrons. The molecule has 16 heavy (non-hydrogen) atoms. The molecule has 0 aromatic heterocycles. The van der Waals surface area contributed by atoms with E-state index in [1.54, 1.807) is 0 Å². The molecule has 0 aliphatic heterocycles. The maximum absolute atomic E-state index is 5.64. The highest BCUT2D eigenvalue weighted by Gasteiger charge is 1.99. The molecule has 2 nitrogen and oxygen atoms in total. The lowest BCUT2D eigenvalue weighted by Crippen LogP contribution is -2.00. The molecule has 0 spiro atoms. The molecule has 1 aromatic rings. The van der Waals surface area contributed by atoms with Gasteiger partial charge < -0.3 is 10.5 Å². The van der Waals surface area contributed by atoms with Gasteiger partial charge in [0.15, 0.2) is 0 Å². The predicted octanol–water partition coefficient (Wildman–Crippen LogP) is 3.16. The van der Waals surface area contributed by atoms with Crippen molar-refractivity contribution in [3.63, 3.8) is 0 Å². The number of hydrogen-bond donors (Lipinski definition) is 1. The lowest BCUT2D eigenvalue weighted by molar-refractivity contribution is 0.116. The third-order valence-electron chi connectivity index (χ3n) is 2.79. The Labute approximate surface area is 98.8 Å². The van der Waals surface area contributed by atoms with Crippen molar-refractivity contribution in [2.45, 2.75) is 46.3 Å². The van der Waals surface area contributed by atoms with Crippen molar-refractivity contribution in [1.29, 1.82) is 0 Å². The molecule has 0 aliphatic rings. The van der Waals surface area contributed by atoms with E-state index >= 15 is 0 Å². The third kappa shape index (κ3) is 4.33. The minimum Gasteiger partial charge on any atom is -0.377 e. The highest BCUT2D eigenvalue weighted by atomic mass is 16.5. The number of benzene rings is 1. The largest absolute Gasteiger partial charge is 0.377 e. The van der Waals surface area contributed by atoms with Gasteiger partial charge in [0.2, 0.25) is 0 Å². The fourth-order valence-electron chi connectivity index (χ4n) is 1.68. The first kappa shape index (κ1) is 13.2. The molecule has 0 unspecified atom stereocenters. The maximum atomic E-state index is 5.64. The summed E-state index contributed by atoms with van der Waals surface area (Å²) in [7, 11) is 0. The monoisotopic (exact) mass is 221 g/mol. The average Bonchev–Trinajstić information content (AvgIpc) is 2.30. The standard InChI is InChI=1S/C14H23NO/c1-3-4-5-8-16-11-14-7-6-13(10-15)9-12(14)2/h6-7,9H,3-5,8,10-11,15H2,1-2H3. The van der Waals surface area contributed by atoms with Gasteiger partial charge in [0.05, 0.1) is 6.61 Å². The summed E-state index contributed by atoms with van der Waals surface area (Å²) >= 11 is 0. The van der Waals surface area contributed by atoms with Crippen LogP contribution < -0.4 is 5.73 Å². The molecule has 0 aliphatic carbocycles. The third-order valence-corrected chi connectivity index (χ3v) is 2.79. The zero-order valence-corrected chi connectivity index (χ0v) is 10.5. The highest BCUT2D eigenvalue weighted by Crippen LogP contribution is 2.12. The van der Waals surface area contributed by atoms with Crippen LogP contribution in [0.25, 0.3) is 0 Å². The van der Waals surface area contributed by atoms with Gasteiger partial charge in [0.1, 0.15) is 0 Å². The number of ether oxygens (including phenoxy) is 1. The maximum Gasteiger partial charge on any atom is 0.0719 e. The minimum atomic E-state index is 0.610. The van der Waals surface area contributed by atoms with Crippen LogP contribution in [0.4, 0.5) is 0 Å². The van der Waals surface area contributed by atoms with Gasteiger partial charge in [-0.3, -0.25) is 0 Å². The molecule has 2 N–H and O–H groups in total. The van der Waals surface area contributed by atoms with Crippen LogP contribution in [0, 0.1) is 6.92 Å². The topological polar surface area (TPSA) is 35.2 Å². The zero-order chi connectivity index (χ0) is 11.8. The van der Waals surface area contributed by atoms with Gasteiger partial charge >= 0.3 is 0 Å². The molecule has 0 heterocycles. The Hall–Kier alpha value is -0.860. The fraction of sp³-hybridized carbons (Fsp3) is 0.571. The van der Waals surface area contributed by atoms with Gasteiger partial charge in [-0.1, -0.05) is 38.0 Å². The second kappa shape index (κ2) is 7.42. The van der Waals surface area contributed by atoms with Crippen LogP contribution >= 0.6 is 0 Å². The lowest BCUT2D eigenvalue weighted by Gasteiger charge is -2.08. The normalized spacial score (nSPS) is 10.7. The van der Waals surface area contributed by atoms with E-state index in [0.717, 1.165) is 19.6 Å². The molecule has 90 valence electrons. The van der Waals surface area contributed by atoms with Crippen LogP contribution in [0.1, 0.15) is 42.9 Å². The summed E-state index contributed by atoms with van der Waals surface area (Å²) < 4.78 is 5.64. The van der Waals surface area contributed by atoms with E-state index in [2.05, 4.69) is 32.0 Å². The fourth-order valence-corrected chi connectivity index (χ4v) is 1.68. The quantitative estimate of drug-likeness (QED) is 0.718. The Kier molecular flexibility index (Phi) is 6.12. The summed E-state index contributed by atoms with van der Waals surface area (Å²) in [4.78, 5) is 0. The smallest absolute Gasteiger partial charge is 0.0719 e. The van der Waals surface area contributed by atoms with Crippen LogP contribution in [-0.4, -0.2) is 6.61 Å². The van der Waals surface area contributed by atoms with E-state index in [1.807, 2.05) is 0 Å². The van der Waals surface area contributed by atoms with Gasteiger partial charge in [-0.15, -0.1) is 0 Å². The summed E-state index contributed by atoms with van der Waals surface area (Å²) in [5, 5.41) is 0. The van der Waals surface area contributed by atoms with Crippen LogP contribution in [-0.2, 0) is 17.9 Å². The van der Waals surface area contributed by atoms with Gasteiger partial charge in [-0.25, -0.2) is 0 Å². The Morgan fingerprint density at radius 3 is 2.69 bits per heavy atom. The summed E-state index contributed by atoms with van der Waals surface area (Å²) in [6.07, 6.45) is 3.66. The molecule has 0 atom stereocenters. The van der Waals surface area contributed by atoms with E-state index in [1.165, 1.54) is 29.5 Å². The van der Waals surface area contributed by atoms with Crippen molar-refractivity contribution in [2.75, 3.05) is 6.61 Å². The van der Waals surface area contributed by atoms with E-state index < -0.39 is 0 Å². The molecule has 0 amide bonds. The van der Waals surface area contributed by atoms with Gasteiger partial charge in [-0.2, -0.15) is 0 Å². The SMILES string of the molecule is CCCCCOCc1ccc(CN)cc1C. The Bertz CT molecular complexity index is 310. The Balaban J connectivity index is 2.36. The first-order valence-electron chi connectivity index (χ1n) is 6.14. The molecule has 0 saturated carbocycles. The molecule has 0 bridgehead atoms. The summed E-state index contributed by atoms with van der Waals surface area (Å²) in [5.74, 6) is 0. The van der Waals surface area contributed by atoms with E-state index in [4.69, 9.17) is 10.5 Å². The van der Waals surface area contributed by atoms with Crippen LogP contribution in [0.2, 0.25) is 0 Å². The summed E-state index contributed by atoms with van der Waals surface area (Å²) in [6.45, 7) is 6.52. The van der Waals surface area contributed by atoms with Crippen LogP contribution in [0.5, 0.6) is 0 Å². The average molecular weight is 221 g/mol. The van der Waals surface area contributed by atoms with Crippen LogP contribution in [0.3, 0.4) is 0 Å².